The SMILES string of the molecule is Clc1ccccc1-c1csc(CN2CCNCC2)n1. The van der Waals surface area contributed by atoms with E-state index in [2.05, 4.69) is 15.6 Å². The van der Waals surface area contributed by atoms with Crippen LogP contribution in [0, 0.1) is 0 Å². The van der Waals surface area contributed by atoms with E-state index in [1.807, 2.05) is 24.3 Å². The highest BCUT2D eigenvalue weighted by Crippen LogP contribution is 2.28. The Bertz CT molecular complexity index is 549. The highest BCUT2D eigenvalue weighted by atomic mass is 35.5. The van der Waals surface area contributed by atoms with Crippen LogP contribution < -0.4 is 5.32 Å². The molecule has 0 aliphatic carbocycles. The molecule has 0 saturated carbocycles. The lowest BCUT2D eigenvalue weighted by Gasteiger charge is -2.26. The quantitative estimate of drug-likeness (QED) is 0.943. The number of benzene rings is 1. The molecule has 0 unspecified atom stereocenters. The van der Waals surface area contributed by atoms with E-state index < -0.39 is 0 Å². The first kappa shape index (κ1) is 13.1. The van der Waals surface area contributed by atoms with Crippen molar-refractivity contribution in [3.8, 4) is 11.3 Å². The van der Waals surface area contributed by atoms with Gasteiger partial charge >= 0.3 is 0 Å². The van der Waals surface area contributed by atoms with Gasteiger partial charge in [0.05, 0.1) is 12.2 Å². The molecule has 1 aromatic carbocycles. The first-order valence-electron chi connectivity index (χ1n) is 6.45. The van der Waals surface area contributed by atoms with Crippen molar-refractivity contribution in [2.24, 2.45) is 0 Å². The second kappa shape index (κ2) is 6.01. The van der Waals surface area contributed by atoms with Crippen LogP contribution in [0.2, 0.25) is 5.02 Å². The molecule has 1 aromatic heterocycles. The molecule has 100 valence electrons. The van der Waals surface area contributed by atoms with Gasteiger partial charge in [-0.05, 0) is 6.07 Å². The van der Waals surface area contributed by atoms with Crippen molar-refractivity contribution in [1.29, 1.82) is 0 Å². The topological polar surface area (TPSA) is 28.2 Å². The maximum atomic E-state index is 6.21. The van der Waals surface area contributed by atoms with Gasteiger partial charge in [0.2, 0.25) is 0 Å². The van der Waals surface area contributed by atoms with Crippen LogP contribution in [-0.2, 0) is 6.54 Å². The van der Waals surface area contributed by atoms with Crippen molar-refractivity contribution >= 4 is 22.9 Å². The summed E-state index contributed by atoms with van der Waals surface area (Å²) in [5, 5.41) is 7.39. The monoisotopic (exact) mass is 293 g/mol. The van der Waals surface area contributed by atoms with E-state index in [-0.39, 0.29) is 0 Å². The molecular weight excluding hydrogens is 278 g/mol. The lowest BCUT2D eigenvalue weighted by Crippen LogP contribution is -2.42. The maximum absolute atomic E-state index is 6.21. The number of nitrogens with one attached hydrogen (secondary N) is 1. The zero-order chi connectivity index (χ0) is 13.1. The van der Waals surface area contributed by atoms with Gasteiger partial charge < -0.3 is 5.32 Å². The minimum atomic E-state index is 0.765. The van der Waals surface area contributed by atoms with Gasteiger partial charge in [-0.15, -0.1) is 11.3 Å². The van der Waals surface area contributed by atoms with Crippen molar-refractivity contribution in [2.45, 2.75) is 6.54 Å². The van der Waals surface area contributed by atoms with Crippen molar-refractivity contribution in [1.82, 2.24) is 15.2 Å². The second-order valence-corrected chi connectivity index (χ2v) is 5.98. The van der Waals surface area contributed by atoms with Crippen LogP contribution in [0.4, 0.5) is 0 Å². The Labute approximate surface area is 122 Å². The smallest absolute Gasteiger partial charge is 0.107 e. The van der Waals surface area contributed by atoms with Gasteiger partial charge in [0.25, 0.3) is 0 Å². The van der Waals surface area contributed by atoms with Crippen LogP contribution in [-0.4, -0.2) is 36.1 Å². The van der Waals surface area contributed by atoms with Gasteiger partial charge in [0.15, 0.2) is 0 Å². The van der Waals surface area contributed by atoms with Gasteiger partial charge in [-0.3, -0.25) is 4.90 Å². The number of halogens is 1. The van der Waals surface area contributed by atoms with Gasteiger partial charge in [-0.1, -0.05) is 29.8 Å². The Hall–Kier alpha value is -0.940. The summed E-state index contributed by atoms with van der Waals surface area (Å²) in [4.78, 5) is 7.14. The summed E-state index contributed by atoms with van der Waals surface area (Å²) in [6.07, 6.45) is 0. The third-order valence-corrected chi connectivity index (χ3v) is 4.43. The molecule has 0 bridgehead atoms. The number of piperazine rings is 1. The first-order valence-corrected chi connectivity index (χ1v) is 7.71. The molecule has 3 rings (SSSR count). The van der Waals surface area contributed by atoms with E-state index in [4.69, 9.17) is 16.6 Å². The molecule has 0 amide bonds. The van der Waals surface area contributed by atoms with Crippen molar-refractivity contribution in [3.05, 3.63) is 39.7 Å². The third-order valence-electron chi connectivity index (χ3n) is 3.27. The molecule has 1 N–H and O–H groups in total. The molecule has 1 aliphatic heterocycles. The number of thiazole rings is 1. The predicted molar refractivity (Wildman–Crippen MR) is 80.7 cm³/mol. The highest BCUT2D eigenvalue weighted by Gasteiger charge is 2.13. The molecule has 1 aliphatic rings. The molecule has 19 heavy (non-hydrogen) atoms. The van der Waals surface area contributed by atoms with Crippen LogP contribution in [0.25, 0.3) is 11.3 Å². The summed E-state index contributed by atoms with van der Waals surface area (Å²) in [6.45, 7) is 5.28. The number of rotatable bonds is 3. The largest absolute Gasteiger partial charge is 0.314 e. The van der Waals surface area contributed by atoms with E-state index in [1.54, 1.807) is 11.3 Å². The summed E-state index contributed by atoms with van der Waals surface area (Å²) in [6, 6.07) is 7.87. The fourth-order valence-corrected chi connectivity index (χ4v) is 3.30. The molecule has 2 aromatic rings. The lowest BCUT2D eigenvalue weighted by molar-refractivity contribution is 0.233. The summed E-state index contributed by atoms with van der Waals surface area (Å²) < 4.78 is 0. The zero-order valence-electron chi connectivity index (χ0n) is 10.6. The molecule has 1 saturated heterocycles. The summed E-state index contributed by atoms with van der Waals surface area (Å²) >= 11 is 7.92. The normalized spacial score (nSPS) is 16.7. The van der Waals surface area contributed by atoms with E-state index in [0.29, 0.717) is 0 Å². The number of hydrogen-bond donors (Lipinski definition) is 1. The van der Waals surface area contributed by atoms with Crippen LogP contribution in [0.15, 0.2) is 29.6 Å². The lowest BCUT2D eigenvalue weighted by atomic mass is 10.2. The van der Waals surface area contributed by atoms with Crippen molar-refractivity contribution < 1.29 is 0 Å². The van der Waals surface area contributed by atoms with Crippen LogP contribution in [0.3, 0.4) is 0 Å². The van der Waals surface area contributed by atoms with E-state index in [0.717, 1.165) is 54.0 Å². The van der Waals surface area contributed by atoms with E-state index >= 15 is 0 Å². The Morgan fingerprint density at radius 1 is 1.26 bits per heavy atom. The maximum Gasteiger partial charge on any atom is 0.107 e. The second-order valence-electron chi connectivity index (χ2n) is 4.63. The van der Waals surface area contributed by atoms with Gasteiger partial charge in [-0.25, -0.2) is 4.98 Å². The Kier molecular flexibility index (Phi) is 4.13. The molecule has 3 nitrogen and oxygen atoms in total. The van der Waals surface area contributed by atoms with Crippen molar-refractivity contribution in [3.63, 3.8) is 0 Å². The predicted octanol–water partition coefficient (Wildman–Crippen LogP) is 2.87. The fourth-order valence-electron chi connectivity index (χ4n) is 2.24. The van der Waals surface area contributed by atoms with Crippen LogP contribution in [0.5, 0.6) is 0 Å². The minimum absolute atomic E-state index is 0.765. The standard InChI is InChI=1S/C14H16ClN3S/c15-12-4-2-1-3-11(12)13-10-19-14(17-13)9-18-7-5-16-6-8-18/h1-4,10,16H,5-9H2. The van der Waals surface area contributed by atoms with E-state index in [1.165, 1.54) is 0 Å². The zero-order valence-corrected chi connectivity index (χ0v) is 12.2. The number of hydrogen-bond acceptors (Lipinski definition) is 4. The Balaban J connectivity index is 1.74. The summed E-state index contributed by atoms with van der Waals surface area (Å²) in [5.74, 6) is 0. The minimum Gasteiger partial charge on any atom is -0.314 e. The Morgan fingerprint density at radius 3 is 2.84 bits per heavy atom. The van der Waals surface area contributed by atoms with Crippen LogP contribution in [0.1, 0.15) is 5.01 Å². The molecular formula is C14H16ClN3S. The number of aromatic nitrogens is 1. The van der Waals surface area contributed by atoms with Crippen LogP contribution >= 0.6 is 22.9 Å². The van der Waals surface area contributed by atoms with Gasteiger partial charge in [0, 0.05) is 42.1 Å². The molecule has 0 atom stereocenters. The van der Waals surface area contributed by atoms with Gasteiger partial charge in [0.1, 0.15) is 5.01 Å². The highest BCUT2D eigenvalue weighted by molar-refractivity contribution is 7.09. The van der Waals surface area contributed by atoms with Gasteiger partial charge in [-0.2, -0.15) is 0 Å². The molecule has 2 heterocycles. The van der Waals surface area contributed by atoms with E-state index in [9.17, 15) is 0 Å². The summed E-state index contributed by atoms with van der Waals surface area (Å²) in [7, 11) is 0. The Morgan fingerprint density at radius 2 is 2.05 bits per heavy atom. The molecule has 1 fully saturated rings. The average Bonchev–Trinajstić information content (AvgIpc) is 2.89. The number of nitrogens with zero attached hydrogens (tertiary/aromatic N) is 2. The molecule has 5 heteroatoms. The first-order chi connectivity index (χ1) is 9.33. The molecule has 0 radical (unpaired) electrons. The van der Waals surface area contributed by atoms with Crippen molar-refractivity contribution in [2.75, 3.05) is 26.2 Å². The molecule has 0 spiro atoms. The summed E-state index contributed by atoms with van der Waals surface area (Å²) in [5.41, 5.74) is 2.01. The third kappa shape index (κ3) is 3.15. The fraction of sp³-hybridized carbons (Fsp3) is 0.357. The average molecular weight is 294 g/mol.